The van der Waals surface area contributed by atoms with Crippen LogP contribution in [-0.2, 0) is 16.0 Å². The van der Waals surface area contributed by atoms with Crippen LogP contribution in [-0.4, -0.2) is 30.4 Å². The highest BCUT2D eigenvalue weighted by atomic mass is 16.5. The average Bonchev–Trinajstić information content (AvgIpc) is 2.35. The first-order chi connectivity index (χ1) is 8.61. The van der Waals surface area contributed by atoms with E-state index in [0.29, 0.717) is 19.0 Å². The summed E-state index contributed by atoms with van der Waals surface area (Å²) in [5.74, 6) is 2.29. The molecule has 18 heavy (non-hydrogen) atoms. The Morgan fingerprint density at radius 3 is 2.61 bits per heavy atom. The van der Waals surface area contributed by atoms with Crippen LogP contribution in [0.2, 0.25) is 0 Å². The molecule has 0 aliphatic rings. The highest BCUT2D eigenvalue weighted by molar-refractivity contribution is 5.70. The molecule has 4 heteroatoms. The first-order valence-corrected chi connectivity index (χ1v) is 5.63. The van der Waals surface area contributed by atoms with Crippen molar-refractivity contribution in [2.45, 2.75) is 19.4 Å². The molecule has 0 amide bonds. The van der Waals surface area contributed by atoms with Crippen LogP contribution >= 0.6 is 0 Å². The smallest absolute Gasteiger partial charge is 0.307 e. The summed E-state index contributed by atoms with van der Waals surface area (Å²) in [5, 5.41) is 8.62. The molecular weight excluding hydrogens is 232 g/mol. The Bertz CT molecular complexity index is 416. The summed E-state index contributed by atoms with van der Waals surface area (Å²) in [4.78, 5) is 10.5. The van der Waals surface area contributed by atoms with Crippen LogP contribution in [0.25, 0.3) is 0 Å². The Labute approximate surface area is 107 Å². The van der Waals surface area contributed by atoms with Crippen molar-refractivity contribution < 1.29 is 19.4 Å². The number of rotatable bonds is 7. The number of carbonyl (C=O) groups is 1. The molecule has 1 rings (SSSR count). The maximum atomic E-state index is 10.5. The van der Waals surface area contributed by atoms with Crippen molar-refractivity contribution in [3.05, 3.63) is 29.8 Å². The number of terminal acetylenes is 1. The number of hydrogen-bond acceptors (Lipinski definition) is 3. The van der Waals surface area contributed by atoms with Crippen LogP contribution in [0, 0.1) is 12.3 Å². The third-order valence-corrected chi connectivity index (χ3v) is 2.23. The molecule has 1 atom stereocenters. The minimum Gasteiger partial charge on any atom is -0.491 e. The van der Waals surface area contributed by atoms with E-state index in [1.165, 1.54) is 0 Å². The molecule has 0 saturated carbocycles. The third-order valence-electron chi connectivity index (χ3n) is 2.23. The molecule has 0 spiro atoms. The van der Waals surface area contributed by atoms with Gasteiger partial charge in [0.2, 0.25) is 0 Å². The molecule has 0 aromatic heterocycles. The van der Waals surface area contributed by atoms with Crippen molar-refractivity contribution in [2.75, 3.05) is 13.2 Å². The quantitative estimate of drug-likeness (QED) is 0.590. The van der Waals surface area contributed by atoms with Crippen molar-refractivity contribution in [2.24, 2.45) is 0 Å². The summed E-state index contributed by atoms with van der Waals surface area (Å²) in [6.07, 6.45) is 4.96. The number of benzene rings is 1. The van der Waals surface area contributed by atoms with E-state index in [1.807, 2.05) is 0 Å². The van der Waals surface area contributed by atoms with E-state index in [4.69, 9.17) is 21.0 Å². The SMILES string of the molecule is C#CC(C)OCCOc1ccc(CC(=O)O)cc1. The van der Waals surface area contributed by atoms with Crippen LogP contribution in [0.5, 0.6) is 5.75 Å². The monoisotopic (exact) mass is 248 g/mol. The standard InChI is InChI=1S/C14H16O4/c1-3-11(2)17-8-9-18-13-6-4-12(5-7-13)10-14(15)16/h1,4-7,11H,8-10H2,2H3,(H,15,16). The lowest BCUT2D eigenvalue weighted by Gasteiger charge is -2.09. The van der Waals surface area contributed by atoms with Gasteiger partial charge in [0.15, 0.2) is 0 Å². The Kier molecular flexibility index (Phi) is 5.75. The molecule has 96 valence electrons. The van der Waals surface area contributed by atoms with Crippen LogP contribution in [0.4, 0.5) is 0 Å². The van der Waals surface area contributed by atoms with Crippen LogP contribution in [0.3, 0.4) is 0 Å². The van der Waals surface area contributed by atoms with Crippen molar-refractivity contribution in [1.82, 2.24) is 0 Å². The Morgan fingerprint density at radius 2 is 2.06 bits per heavy atom. The van der Waals surface area contributed by atoms with Gasteiger partial charge < -0.3 is 14.6 Å². The molecular formula is C14H16O4. The van der Waals surface area contributed by atoms with Crippen molar-refractivity contribution in [3.63, 3.8) is 0 Å². The molecule has 0 radical (unpaired) electrons. The minimum absolute atomic E-state index is 0.0169. The molecule has 4 nitrogen and oxygen atoms in total. The van der Waals surface area contributed by atoms with Crippen molar-refractivity contribution in [1.29, 1.82) is 0 Å². The van der Waals surface area contributed by atoms with E-state index in [1.54, 1.807) is 31.2 Å². The molecule has 1 aromatic rings. The number of aliphatic carboxylic acids is 1. The maximum Gasteiger partial charge on any atom is 0.307 e. The molecule has 0 fully saturated rings. The zero-order valence-corrected chi connectivity index (χ0v) is 10.3. The zero-order valence-electron chi connectivity index (χ0n) is 10.3. The van der Waals surface area contributed by atoms with Gasteiger partial charge in [-0.05, 0) is 24.6 Å². The predicted octanol–water partition coefficient (Wildman–Crippen LogP) is 1.73. The molecule has 1 N–H and O–H groups in total. The van der Waals surface area contributed by atoms with Gasteiger partial charge in [0.25, 0.3) is 0 Å². The normalized spacial score (nSPS) is 11.6. The second-order valence-corrected chi connectivity index (χ2v) is 3.74. The average molecular weight is 248 g/mol. The molecule has 1 aromatic carbocycles. The third kappa shape index (κ3) is 5.37. The van der Waals surface area contributed by atoms with Gasteiger partial charge >= 0.3 is 5.97 Å². The lowest BCUT2D eigenvalue weighted by atomic mass is 10.1. The van der Waals surface area contributed by atoms with Crippen LogP contribution < -0.4 is 4.74 Å². The first kappa shape index (κ1) is 14.1. The Hall–Kier alpha value is -1.99. The van der Waals surface area contributed by atoms with Gasteiger partial charge in [-0.2, -0.15) is 0 Å². The summed E-state index contributed by atoms with van der Waals surface area (Å²) in [7, 11) is 0. The summed E-state index contributed by atoms with van der Waals surface area (Å²) >= 11 is 0. The fourth-order valence-corrected chi connectivity index (χ4v) is 1.31. The highest BCUT2D eigenvalue weighted by Gasteiger charge is 2.01. The second kappa shape index (κ2) is 7.36. The van der Waals surface area contributed by atoms with Crippen molar-refractivity contribution in [3.8, 4) is 18.1 Å². The predicted molar refractivity (Wildman–Crippen MR) is 67.5 cm³/mol. The minimum atomic E-state index is -0.847. The van der Waals surface area contributed by atoms with E-state index in [-0.39, 0.29) is 12.5 Å². The molecule has 0 aliphatic carbocycles. The van der Waals surface area contributed by atoms with E-state index in [2.05, 4.69) is 5.92 Å². The highest BCUT2D eigenvalue weighted by Crippen LogP contribution is 2.12. The topological polar surface area (TPSA) is 55.8 Å². The molecule has 0 heterocycles. The lowest BCUT2D eigenvalue weighted by molar-refractivity contribution is -0.136. The fraction of sp³-hybridized carbons (Fsp3) is 0.357. The van der Waals surface area contributed by atoms with Crippen LogP contribution in [0.15, 0.2) is 24.3 Å². The molecule has 0 aliphatic heterocycles. The van der Waals surface area contributed by atoms with Gasteiger partial charge in [-0.3, -0.25) is 4.79 Å². The van der Waals surface area contributed by atoms with Crippen molar-refractivity contribution >= 4 is 5.97 Å². The molecule has 1 unspecified atom stereocenters. The first-order valence-electron chi connectivity index (χ1n) is 5.63. The maximum absolute atomic E-state index is 10.5. The van der Waals surface area contributed by atoms with Gasteiger partial charge in [0, 0.05) is 0 Å². The van der Waals surface area contributed by atoms with Gasteiger partial charge in [-0.1, -0.05) is 18.1 Å². The van der Waals surface area contributed by atoms with E-state index in [0.717, 1.165) is 5.56 Å². The summed E-state index contributed by atoms with van der Waals surface area (Å²) in [5.41, 5.74) is 0.743. The Balaban J connectivity index is 2.31. The number of hydrogen-bond donors (Lipinski definition) is 1. The van der Waals surface area contributed by atoms with E-state index in [9.17, 15) is 4.79 Å². The Morgan fingerprint density at radius 1 is 1.39 bits per heavy atom. The van der Waals surface area contributed by atoms with Gasteiger partial charge in [0.1, 0.15) is 18.5 Å². The molecule has 0 saturated heterocycles. The largest absolute Gasteiger partial charge is 0.491 e. The summed E-state index contributed by atoms with van der Waals surface area (Å²) < 4.78 is 10.7. The number of carboxylic acids is 1. The number of carboxylic acid groups (broad SMARTS) is 1. The van der Waals surface area contributed by atoms with E-state index >= 15 is 0 Å². The fourth-order valence-electron chi connectivity index (χ4n) is 1.31. The van der Waals surface area contributed by atoms with Gasteiger partial charge in [0.05, 0.1) is 13.0 Å². The number of ether oxygens (including phenoxy) is 2. The van der Waals surface area contributed by atoms with Gasteiger partial charge in [-0.15, -0.1) is 6.42 Å². The zero-order chi connectivity index (χ0) is 13.4. The van der Waals surface area contributed by atoms with Gasteiger partial charge in [-0.25, -0.2) is 0 Å². The summed E-state index contributed by atoms with van der Waals surface area (Å²) in [6.45, 7) is 2.62. The summed E-state index contributed by atoms with van der Waals surface area (Å²) in [6, 6.07) is 6.94. The molecule has 0 bridgehead atoms. The van der Waals surface area contributed by atoms with E-state index < -0.39 is 5.97 Å². The lowest BCUT2D eigenvalue weighted by Crippen LogP contribution is -2.12. The van der Waals surface area contributed by atoms with Crippen LogP contribution in [0.1, 0.15) is 12.5 Å². The second-order valence-electron chi connectivity index (χ2n) is 3.74.